The van der Waals surface area contributed by atoms with Gasteiger partial charge in [0, 0.05) is 18.5 Å². The van der Waals surface area contributed by atoms with E-state index < -0.39 is 0 Å². The van der Waals surface area contributed by atoms with Crippen molar-refractivity contribution in [2.24, 2.45) is 0 Å². The summed E-state index contributed by atoms with van der Waals surface area (Å²) in [6, 6.07) is 7.83. The number of hydrogen-bond acceptors (Lipinski definition) is 3. The summed E-state index contributed by atoms with van der Waals surface area (Å²) < 4.78 is 2.16. The van der Waals surface area contributed by atoms with Crippen LogP contribution in [0.15, 0.2) is 24.3 Å². The second-order valence-electron chi connectivity index (χ2n) is 7.50. The molecule has 1 aliphatic heterocycles. The quantitative estimate of drug-likeness (QED) is 0.942. The molecule has 1 N–H and O–H groups in total. The lowest BCUT2D eigenvalue weighted by Crippen LogP contribution is -2.25. The number of aromatic nitrogens is 3. The van der Waals surface area contributed by atoms with Gasteiger partial charge in [0.1, 0.15) is 5.82 Å². The molecule has 0 bridgehead atoms. The molecule has 0 radical (unpaired) electrons. The van der Waals surface area contributed by atoms with Crippen molar-refractivity contribution in [2.75, 3.05) is 0 Å². The Kier molecular flexibility index (Phi) is 4.69. The Balaban J connectivity index is 1.65. The number of aryl methyl sites for hydroxylation is 1. The first kappa shape index (κ1) is 16.7. The van der Waals surface area contributed by atoms with E-state index in [4.69, 9.17) is 0 Å². The van der Waals surface area contributed by atoms with Crippen molar-refractivity contribution >= 4 is 5.91 Å². The van der Waals surface area contributed by atoms with Crippen molar-refractivity contribution in [3.05, 3.63) is 47.0 Å². The molecule has 0 fully saturated rings. The van der Waals surface area contributed by atoms with Crippen LogP contribution >= 0.6 is 0 Å². The van der Waals surface area contributed by atoms with Crippen molar-refractivity contribution in [2.45, 2.75) is 65.0 Å². The van der Waals surface area contributed by atoms with Crippen LogP contribution in [0.1, 0.15) is 67.6 Å². The molecule has 24 heavy (non-hydrogen) atoms. The topological polar surface area (TPSA) is 59.8 Å². The van der Waals surface area contributed by atoms with Crippen molar-refractivity contribution in [1.82, 2.24) is 20.1 Å². The zero-order chi connectivity index (χ0) is 17.2. The van der Waals surface area contributed by atoms with Crippen LogP contribution in [0.25, 0.3) is 0 Å². The summed E-state index contributed by atoms with van der Waals surface area (Å²) in [6.07, 6.45) is 4.54. The second-order valence-corrected chi connectivity index (χ2v) is 7.50. The predicted molar refractivity (Wildman–Crippen MR) is 93.9 cm³/mol. The molecule has 0 saturated carbocycles. The largest absolute Gasteiger partial charge is 0.345 e. The van der Waals surface area contributed by atoms with Crippen molar-refractivity contribution in [3.8, 4) is 0 Å². The summed E-state index contributed by atoms with van der Waals surface area (Å²) in [4.78, 5) is 12.4. The van der Waals surface area contributed by atoms with Crippen LogP contribution < -0.4 is 5.32 Å². The first-order chi connectivity index (χ1) is 11.4. The van der Waals surface area contributed by atoms with Crippen molar-refractivity contribution in [3.63, 3.8) is 0 Å². The van der Waals surface area contributed by atoms with Crippen LogP contribution in [-0.4, -0.2) is 20.7 Å². The average molecular weight is 326 g/mol. The van der Waals surface area contributed by atoms with Crippen LogP contribution in [0.4, 0.5) is 0 Å². The summed E-state index contributed by atoms with van der Waals surface area (Å²) in [5.41, 5.74) is 1.99. The van der Waals surface area contributed by atoms with Gasteiger partial charge in [-0.1, -0.05) is 39.3 Å². The SMILES string of the molecule is CC(C)(C)c1ccc(C(=O)NCc2nnc3n2CCCCC3)cc1. The number of nitrogens with zero attached hydrogens (tertiary/aromatic N) is 3. The molecule has 1 aromatic heterocycles. The summed E-state index contributed by atoms with van der Waals surface area (Å²) in [5.74, 6) is 1.83. The molecule has 1 aliphatic rings. The normalized spacial score (nSPS) is 14.8. The van der Waals surface area contributed by atoms with E-state index in [9.17, 15) is 4.79 Å². The highest BCUT2D eigenvalue weighted by molar-refractivity contribution is 5.94. The minimum Gasteiger partial charge on any atom is -0.345 e. The number of benzene rings is 1. The molecule has 2 heterocycles. The minimum absolute atomic E-state index is 0.0681. The first-order valence-corrected chi connectivity index (χ1v) is 8.75. The van der Waals surface area contributed by atoms with Gasteiger partial charge in [0.2, 0.25) is 0 Å². The van der Waals surface area contributed by atoms with Gasteiger partial charge >= 0.3 is 0 Å². The van der Waals surface area contributed by atoms with Crippen LogP contribution in [0.5, 0.6) is 0 Å². The predicted octanol–water partition coefficient (Wildman–Crippen LogP) is 3.23. The second kappa shape index (κ2) is 6.75. The van der Waals surface area contributed by atoms with E-state index >= 15 is 0 Å². The lowest BCUT2D eigenvalue weighted by atomic mass is 9.87. The highest BCUT2D eigenvalue weighted by Gasteiger charge is 2.16. The molecule has 2 aromatic rings. The van der Waals surface area contributed by atoms with E-state index in [0.29, 0.717) is 12.1 Å². The zero-order valence-corrected chi connectivity index (χ0v) is 14.8. The van der Waals surface area contributed by atoms with Crippen LogP contribution in [0.2, 0.25) is 0 Å². The molecule has 0 atom stereocenters. The summed E-state index contributed by atoms with van der Waals surface area (Å²) in [5, 5.41) is 11.5. The Hall–Kier alpha value is -2.17. The third-order valence-corrected chi connectivity index (χ3v) is 4.61. The molecule has 0 aliphatic carbocycles. The van der Waals surface area contributed by atoms with E-state index in [1.54, 1.807) is 0 Å². The maximum Gasteiger partial charge on any atom is 0.251 e. The number of amides is 1. The highest BCUT2D eigenvalue weighted by Crippen LogP contribution is 2.22. The van der Waals surface area contributed by atoms with Gasteiger partial charge in [0.15, 0.2) is 5.82 Å². The van der Waals surface area contributed by atoms with Crippen LogP contribution in [0, 0.1) is 0 Å². The molecule has 3 rings (SSSR count). The smallest absolute Gasteiger partial charge is 0.251 e. The molecule has 1 amide bonds. The molecule has 1 aromatic carbocycles. The van der Waals surface area contributed by atoms with Crippen LogP contribution in [0.3, 0.4) is 0 Å². The number of fused-ring (bicyclic) bond motifs is 1. The van der Waals surface area contributed by atoms with E-state index in [0.717, 1.165) is 31.0 Å². The van der Waals surface area contributed by atoms with Gasteiger partial charge in [0.05, 0.1) is 6.54 Å². The maximum atomic E-state index is 12.4. The van der Waals surface area contributed by atoms with E-state index in [1.807, 2.05) is 24.3 Å². The molecule has 0 spiro atoms. The lowest BCUT2D eigenvalue weighted by Gasteiger charge is -2.19. The van der Waals surface area contributed by atoms with Gasteiger partial charge < -0.3 is 9.88 Å². The summed E-state index contributed by atoms with van der Waals surface area (Å²) in [6.45, 7) is 7.87. The molecule has 5 heteroatoms. The zero-order valence-electron chi connectivity index (χ0n) is 14.8. The molecular weight excluding hydrogens is 300 g/mol. The Bertz CT molecular complexity index is 710. The standard InChI is InChI=1S/C19H26N4O/c1-19(2,3)15-10-8-14(9-11-15)18(24)20-13-17-22-21-16-7-5-4-6-12-23(16)17/h8-11H,4-7,12-13H2,1-3H3,(H,20,24). The first-order valence-electron chi connectivity index (χ1n) is 8.75. The van der Waals surface area contributed by atoms with Gasteiger partial charge in [-0.3, -0.25) is 4.79 Å². The van der Waals surface area contributed by atoms with Crippen molar-refractivity contribution in [1.29, 1.82) is 0 Å². The van der Waals surface area contributed by atoms with Gasteiger partial charge in [-0.25, -0.2) is 0 Å². The number of carbonyl (C=O) groups is 1. The van der Waals surface area contributed by atoms with Crippen LogP contribution in [-0.2, 0) is 24.9 Å². The third-order valence-electron chi connectivity index (χ3n) is 4.61. The number of rotatable bonds is 3. The monoisotopic (exact) mass is 326 g/mol. The number of carbonyl (C=O) groups excluding carboxylic acids is 1. The van der Waals surface area contributed by atoms with E-state index in [1.165, 1.54) is 18.4 Å². The fourth-order valence-electron chi connectivity index (χ4n) is 3.06. The van der Waals surface area contributed by atoms with Gasteiger partial charge in [-0.2, -0.15) is 0 Å². The number of hydrogen-bond donors (Lipinski definition) is 1. The third kappa shape index (κ3) is 3.66. The highest BCUT2D eigenvalue weighted by atomic mass is 16.1. The fraction of sp³-hybridized carbons (Fsp3) is 0.526. The lowest BCUT2D eigenvalue weighted by molar-refractivity contribution is 0.0949. The maximum absolute atomic E-state index is 12.4. The fourth-order valence-corrected chi connectivity index (χ4v) is 3.06. The Labute approximate surface area is 143 Å². The van der Waals surface area contributed by atoms with Gasteiger partial charge in [0.25, 0.3) is 5.91 Å². The molecule has 0 unspecified atom stereocenters. The van der Waals surface area contributed by atoms with Gasteiger partial charge in [-0.05, 0) is 36.0 Å². The Morgan fingerprint density at radius 2 is 1.88 bits per heavy atom. The van der Waals surface area contributed by atoms with E-state index in [-0.39, 0.29) is 11.3 Å². The minimum atomic E-state index is -0.0681. The molecule has 0 saturated heterocycles. The van der Waals surface area contributed by atoms with Gasteiger partial charge in [-0.15, -0.1) is 10.2 Å². The van der Waals surface area contributed by atoms with E-state index in [2.05, 4.69) is 40.9 Å². The summed E-state index contributed by atoms with van der Waals surface area (Å²) in [7, 11) is 0. The van der Waals surface area contributed by atoms with Crippen molar-refractivity contribution < 1.29 is 4.79 Å². The molecular formula is C19H26N4O. The Morgan fingerprint density at radius 3 is 2.58 bits per heavy atom. The molecule has 128 valence electrons. The number of nitrogens with one attached hydrogen (secondary N) is 1. The summed E-state index contributed by atoms with van der Waals surface area (Å²) >= 11 is 0. The molecule has 5 nitrogen and oxygen atoms in total. The Morgan fingerprint density at radius 1 is 1.12 bits per heavy atom. The average Bonchev–Trinajstić information content (AvgIpc) is 2.78.